The maximum absolute atomic E-state index is 12.7. The minimum atomic E-state index is -1.37. The Bertz CT molecular complexity index is 689. The lowest BCUT2D eigenvalue weighted by Crippen LogP contribution is -2.40. The Morgan fingerprint density at radius 1 is 1.07 bits per heavy atom. The molecule has 2 aliphatic carbocycles. The zero-order chi connectivity index (χ0) is 20.7. The minimum absolute atomic E-state index is 0.169. The first-order valence-electron chi connectivity index (χ1n) is 9.96. The van der Waals surface area contributed by atoms with E-state index in [1.54, 1.807) is 0 Å². The summed E-state index contributed by atoms with van der Waals surface area (Å²) in [5.74, 6) is -1.49. The topological polar surface area (TPSA) is 86.7 Å². The summed E-state index contributed by atoms with van der Waals surface area (Å²) < 4.78 is 10.3. The molecule has 0 radical (unpaired) electrons. The number of esters is 2. The summed E-state index contributed by atoms with van der Waals surface area (Å²) >= 11 is 0. The molecule has 0 saturated heterocycles. The molecule has 1 fully saturated rings. The van der Waals surface area contributed by atoms with E-state index in [-0.39, 0.29) is 36.0 Å². The van der Waals surface area contributed by atoms with Gasteiger partial charge < -0.3 is 9.47 Å². The fourth-order valence-electron chi connectivity index (χ4n) is 4.22. The summed E-state index contributed by atoms with van der Waals surface area (Å²) in [7, 11) is 1.27. The Hall–Kier alpha value is -2.24. The van der Waals surface area contributed by atoms with Gasteiger partial charge in [0.15, 0.2) is 11.6 Å². The van der Waals surface area contributed by atoms with Gasteiger partial charge in [0.25, 0.3) is 0 Å². The Morgan fingerprint density at radius 2 is 1.79 bits per heavy atom. The molecule has 0 spiro atoms. The molecular formula is C22H30O6. The van der Waals surface area contributed by atoms with Gasteiger partial charge in [-0.2, -0.15) is 0 Å². The van der Waals surface area contributed by atoms with Crippen molar-refractivity contribution in [3.05, 3.63) is 23.8 Å². The number of rotatable bonds is 2. The largest absolute Gasteiger partial charge is 0.468 e. The van der Waals surface area contributed by atoms with Gasteiger partial charge >= 0.3 is 11.9 Å². The van der Waals surface area contributed by atoms with E-state index in [0.29, 0.717) is 32.1 Å². The van der Waals surface area contributed by atoms with Gasteiger partial charge in [0.1, 0.15) is 11.5 Å². The monoisotopic (exact) mass is 390 g/mol. The van der Waals surface area contributed by atoms with Gasteiger partial charge in [-0.25, -0.2) is 0 Å². The van der Waals surface area contributed by atoms with E-state index in [1.165, 1.54) is 31.8 Å². The van der Waals surface area contributed by atoms with E-state index in [4.69, 9.17) is 9.47 Å². The van der Waals surface area contributed by atoms with Crippen LogP contribution in [0.4, 0.5) is 0 Å². The van der Waals surface area contributed by atoms with E-state index in [2.05, 4.69) is 6.08 Å². The van der Waals surface area contributed by atoms with E-state index in [0.717, 1.165) is 12.8 Å². The van der Waals surface area contributed by atoms with E-state index >= 15 is 0 Å². The highest BCUT2D eigenvalue weighted by molar-refractivity contribution is 6.08. The third kappa shape index (κ3) is 5.18. The van der Waals surface area contributed by atoms with Crippen LogP contribution >= 0.6 is 0 Å². The molecule has 3 atom stereocenters. The van der Waals surface area contributed by atoms with E-state index < -0.39 is 11.4 Å². The van der Waals surface area contributed by atoms with Crippen LogP contribution < -0.4 is 0 Å². The Balaban J connectivity index is 2.31. The van der Waals surface area contributed by atoms with Crippen molar-refractivity contribution in [1.29, 1.82) is 0 Å². The molecule has 0 amide bonds. The molecule has 6 heteroatoms. The van der Waals surface area contributed by atoms with Crippen LogP contribution in [0.15, 0.2) is 23.8 Å². The Morgan fingerprint density at radius 3 is 2.46 bits per heavy atom. The second-order valence-electron chi connectivity index (χ2n) is 7.76. The smallest absolute Gasteiger partial charge is 0.323 e. The van der Waals surface area contributed by atoms with Crippen molar-refractivity contribution < 1.29 is 28.7 Å². The molecule has 1 saturated carbocycles. The molecular weight excluding hydrogens is 360 g/mol. The molecule has 2 aliphatic rings. The van der Waals surface area contributed by atoms with Gasteiger partial charge in [0, 0.05) is 19.8 Å². The number of allylic oxidation sites excluding steroid dienone is 3. The molecule has 0 aliphatic heterocycles. The first-order chi connectivity index (χ1) is 13.3. The van der Waals surface area contributed by atoms with Crippen LogP contribution in [-0.2, 0) is 28.7 Å². The van der Waals surface area contributed by atoms with Crippen LogP contribution in [0.3, 0.4) is 0 Å². The molecule has 0 aromatic carbocycles. The summed E-state index contributed by atoms with van der Waals surface area (Å²) in [5.41, 5.74) is -0.199. The summed E-state index contributed by atoms with van der Waals surface area (Å²) in [5, 5.41) is 0. The van der Waals surface area contributed by atoms with Crippen molar-refractivity contribution in [2.24, 2.45) is 11.3 Å². The van der Waals surface area contributed by atoms with Crippen molar-refractivity contribution in [1.82, 2.24) is 0 Å². The predicted octanol–water partition coefficient (Wildman–Crippen LogP) is 3.48. The normalized spacial score (nSPS) is 32.5. The molecule has 0 N–H and O–H groups in total. The summed E-state index contributed by atoms with van der Waals surface area (Å²) in [4.78, 5) is 49.0. The molecule has 6 nitrogen and oxygen atoms in total. The second kappa shape index (κ2) is 9.80. The molecule has 0 aromatic rings. The van der Waals surface area contributed by atoms with Crippen LogP contribution in [0.1, 0.15) is 65.2 Å². The summed E-state index contributed by atoms with van der Waals surface area (Å²) in [6.45, 7) is 3.39. The standard InChI is InChI=1S/C22H30O6/c1-15-5-4-6-17-8-12-20(25)22(17,21(26)27-3)14-13-18(24)9-11-19(10-7-15)28-16(2)23/h5,13-14,17,19H,4,6-12H2,1-3H3/b14-13+,15-5+/t17-,19-,22-/m1/s1. The lowest BCUT2D eigenvalue weighted by Gasteiger charge is -2.28. The third-order valence-electron chi connectivity index (χ3n) is 5.79. The first-order valence-corrected chi connectivity index (χ1v) is 9.96. The number of hydrogen-bond donors (Lipinski definition) is 0. The number of carbonyl (C=O) groups excluding carboxylic acids is 4. The van der Waals surface area contributed by atoms with Crippen molar-refractivity contribution in [2.45, 2.75) is 71.3 Å². The highest BCUT2D eigenvalue weighted by atomic mass is 16.5. The maximum Gasteiger partial charge on any atom is 0.323 e. The molecule has 154 valence electrons. The zero-order valence-corrected chi connectivity index (χ0v) is 17.0. The third-order valence-corrected chi connectivity index (χ3v) is 5.79. The van der Waals surface area contributed by atoms with Gasteiger partial charge in [-0.3, -0.25) is 19.2 Å². The average molecular weight is 390 g/mol. The zero-order valence-electron chi connectivity index (χ0n) is 17.0. The van der Waals surface area contributed by atoms with Gasteiger partial charge in [-0.15, -0.1) is 0 Å². The number of ether oxygens (including phenoxy) is 2. The van der Waals surface area contributed by atoms with E-state index in [9.17, 15) is 19.2 Å². The van der Waals surface area contributed by atoms with Crippen LogP contribution in [-0.4, -0.2) is 36.7 Å². The van der Waals surface area contributed by atoms with Crippen molar-refractivity contribution in [2.75, 3.05) is 7.11 Å². The highest BCUT2D eigenvalue weighted by Gasteiger charge is 2.54. The number of fused-ring (bicyclic) bond motifs is 1. The van der Waals surface area contributed by atoms with Gasteiger partial charge in [0.05, 0.1) is 7.11 Å². The van der Waals surface area contributed by atoms with Gasteiger partial charge in [0.2, 0.25) is 0 Å². The summed E-state index contributed by atoms with van der Waals surface area (Å²) in [6, 6.07) is 0. The number of carbonyl (C=O) groups is 4. The van der Waals surface area contributed by atoms with Gasteiger partial charge in [-0.1, -0.05) is 17.7 Å². The van der Waals surface area contributed by atoms with E-state index in [1.807, 2.05) is 6.92 Å². The van der Waals surface area contributed by atoms with Crippen molar-refractivity contribution in [3.63, 3.8) is 0 Å². The van der Waals surface area contributed by atoms with Crippen molar-refractivity contribution in [3.8, 4) is 0 Å². The Kier molecular flexibility index (Phi) is 7.72. The summed E-state index contributed by atoms with van der Waals surface area (Å²) in [6.07, 6.45) is 8.99. The van der Waals surface area contributed by atoms with Crippen molar-refractivity contribution >= 4 is 23.5 Å². The molecule has 0 heterocycles. The SMILES string of the molecule is COC(=O)[C@]12/C=C/C(=O)CC[C@H](OC(C)=O)CC/C(C)=C/CC[C@@H]1CCC2=O. The molecule has 2 rings (SSSR count). The fourth-order valence-corrected chi connectivity index (χ4v) is 4.22. The van der Waals surface area contributed by atoms with Crippen LogP contribution in [0.25, 0.3) is 0 Å². The number of methoxy groups -OCH3 is 1. The molecule has 0 aromatic heterocycles. The van der Waals surface area contributed by atoms with Crippen LogP contribution in [0, 0.1) is 11.3 Å². The highest BCUT2D eigenvalue weighted by Crippen LogP contribution is 2.45. The van der Waals surface area contributed by atoms with Crippen LogP contribution in [0.2, 0.25) is 0 Å². The average Bonchev–Trinajstić information content (AvgIpc) is 2.97. The number of Topliss-reactive ketones (excluding diaryl/α,β-unsaturated/α-hetero) is 1. The predicted molar refractivity (Wildman–Crippen MR) is 103 cm³/mol. The first kappa shape index (κ1) is 22.1. The Labute approximate surface area is 166 Å². The minimum Gasteiger partial charge on any atom is -0.468 e. The molecule has 0 unspecified atom stereocenters. The lowest BCUT2D eigenvalue weighted by molar-refractivity contribution is -0.155. The quantitative estimate of drug-likeness (QED) is 0.408. The molecule has 0 bridgehead atoms. The second-order valence-corrected chi connectivity index (χ2v) is 7.76. The number of hydrogen-bond acceptors (Lipinski definition) is 6. The fraction of sp³-hybridized carbons (Fsp3) is 0.636. The lowest BCUT2D eigenvalue weighted by atomic mass is 9.74. The maximum atomic E-state index is 12.7. The molecule has 28 heavy (non-hydrogen) atoms. The van der Waals surface area contributed by atoms with Crippen LogP contribution in [0.5, 0.6) is 0 Å². The van der Waals surface area contributed by atoms with Gasteiger partial charge in [-0.05, 0) is 57.4 Å². The number of ketones is 2.